The average Bonchev–Trinajstić information content (AvgIpc) is 2.78. The average molecular weight is 461 g/mol. The summed E-state index contributed by atoms with van der Waals surface area (Å²) in [6.07, 6.45) is 0.737. The van der Waals surface area contributed by atoms with Crippen LogP contribution in [0, 0.1) is 26.7 Å². The van der Waals surface area contributed by atoms with Gasteiger partial charge in [0.05, 0.1) is 17.8 Å². The molecule has 7 heteroatoms. The smallest absolute Gasteiger partial charge is 0.377 e. The zero-order chi connectivity index (χ0) is 25.7. The van der Waals surface area contributed by atoms with E-state index < -0.39 is 17.7 Å². The first-order chi connectivity index (χ1) is 15.4. The van der Waals surface area contributed by atoms with Crippen molar-refractivity contribution in [2.75, 3.05) is 0 Å². The molecule has 0 spiro atoms. The van der Waals surface area contributed by atoms with E-state index in [-0.39, 0.29) is 18.1 Å². The van der Waals surface area contributed by atoms with Gasteiger partial charge in [0.25, 0.3) is 5.78 Å². The van der Waals surface area contributed by atoms with Crippen LogP contribution in [0.1, 0.15) is 71.0 Å². The van der Waals surface area contributed by atoms with Gasteiger partial charge in [-0.25, -0.2) is 9.59 Å². The summed E-state index contributed by atoms with van der Waals surface area (Å²) in [4.78, 5) is 32.0. The molecule has 2 atom stereocenters. The lowest BCUT2D eigenvalue weighted by atomic mass is 9.95. The molecule has 182 valence electrons. The van der Waals surface area contributed by atoms with Crippen LogP contribution in [-0.4, -0.2) is 50.4 Å². The van der Waals surface area contributed by atoms with Crippen molar-refractivity contribution < 1.29 is 34.8 Å². The molecule has 0 bridgehead atoms. The molecule has 2 rings (SSSR count). The lowest BCUT2D eigenvalue weighted by Gasteiger charge is -2.21. The van der Waals surface area contributed by atoms with Gasteiger partial charge in [0, 0.05) is 11.5 Å². The fraction of sp³-hybridized carbons (Fsp3) is 0.423. The number of aromatic carboxylic acids is 1. The van der Waals surface area contributed by atoms with Crippen LogP contribution < -0.4 is 0 Å². The molecular formula is C26H36O7. The standard InChI is InChI=1S/C11H12O3.C8H18O2.C7H6O2/c1-6-4-7(2)9(8(3)5-6)10(12)11(13)14;1-4-7(9)6(3)8(10)5-2;8-7(9)6-4-2-1-3-5-6/h4-5H,1-3H3,(H,13,14);6-10H,4-5H2,1-3H3;1-5H,(H,8,9). The second-order valence-corrected chi connectivity index (χ2v) is 7.89. The van der Waals surface area contributed by atoms with E-state index in [9.17, 15) is 24.6 Å². The first-order valence-corrected chi connectivity index (χ1v) is 10.9. The number of hydrogen-bond acceptors (Lipinski definition) is 5. The van der Waals surface area contributed by atoms with Gasteiger partial charge in [0.1, 0.15) is 0 Å². The highest BCUT2D eigenvalue weighted by atomic mass is 16.4. The summed E-state index contributed by atoms with van der Waals surface area (Å²) in [7, 11) is 0. The van der Waals surface area contributed by atoms with Crippen LogP contribution in [0.3, 0.4) is 0 Å². The third-order valence-electron chi connectivity index (χ3n) is 5.17. The first kappa shape index (κ1) is 30.0. The Morgan fingerprint density at radius 2 is 1.24 bits per heavy atom. The van der Waals surface area contributed by atoms with Gasteiger partial charge in [-0.05, 0) is 56.9 Å². The van der Waals surface area contributed by atoms with Crippen LogP contribution in [0.5, 0.6) is 0 Å². The highest BCUT2D eigenvalue weighted by Crippen LogP contribution is 2.17. The molecule has 0 aliphatic heterocycles. The summed E-state index contributed by atoms with van der Waals surface area (Å²) in [6.45, 7) is 11.1. The van der Waals surface area contributed by atoms with Crippen molar-refractivity contribution in [2.45, 2.75) is 66.6 Å². The summed E-state index contributed by atoms with van der Waals surface area (Å²) in [5, 5.41) is 35.5. The van der Waals surface area contributed by atoms with E-state index in [1.165, 1.54) is 0 Å². The number of benzene rings is 2. The van der Waals surface area contributed by atoms with E-state index in [1.807, 2.05) is 39.8 Å². The number of aliphatic carboxylic acids is 1. The maximum absolute atomic E-state index is 11.3. The Hall–Kier alpha value is -3.03. The molecule has 2 aromatic rings. The molecule has 4 N–H and O–H groups in total. The lowest BCUT2D eigenvalue weighted by Crippen LogP contribution is -2.28. The molecule has 0 heterocycles. The summed E-state index contributed by atoms with van der Waals surface area (Å²) in [5.74, 6) is -3.11. The Kier molecular flexibility index (Phi) is 13.6. The van der Waals surface area contributed by atoms with Gasteiger partial charge in [-0.2, -0.15) is 0 Å². The maximum atomic E-state index is 11.3. The van der Waals surface area contributed by atoms with Gasteiger partial charge in [-0.1, -0.05) is 56.7 Å². The van der Waals surface area contributed by atoms with Crippen LogP contribution in [0.2, 0.25) is 0 Å². The van der Waals surface area contributed by atoms with Crippen LogP contribution in [0.25, 0.3) is 0 Å². The summed E-state index contributed by atoms with van der Waals surface area (Å²) >= 11 is 0. The van der Waals surface area contributed by atoms with Gasteiger partial charge in [0.2, 0.25) is 0 Å². The van der Waals surface area contributed by atoms with Crippen molar-refractivity contribution in [1.82, 2.24) is 0 Å². The number of carbonyl (C=O) groups is 3. The normalized spacial score (nSPS) is 12.7. The van der Waals surface area contributed by atoms with E-state index in [2.05, 4.69) is 0 Å². The molecule has 0 fully saturated rings. The van der Waals surface area contributed by atoms with E-state index in [4.69, 9.17) is 10.2 Å². The van der Waals surface area contributed by atoms with Crippen molar-refractivity contribution >= 4 is 17.7 Å². The first-order valence-electron chi connectivity index (χ1n) is 10.9. The largest absolute Gasteiger partial charge is 0.478 e. The van der Waals surface area contributed by atoms with Crippen LogP contribution >= 0.6 is 0 Å². The van der Waals surface area contributed by atoms with Crippen LogP contribution in [0.4, 0.5) is 0 Å². The molecule has 0 aliphatic rings. The second-order valence-electron chi connectivity index (χ2n) is 7.89. The van der Waals surface area contributed by atoms with E-state index in [1.54, 1.807) is 44.2 Å². The number of aryl methyl sites for hydroxylation is 3. The third kappa shape index (κ3) is 10.4. The predicted octanol–water partition coefficient (Wildman–Crippen LogP) is 4.43. The Labute approximate surface area is 195 Å². The number of carboxylic acids is 2. The van der Waals surface area contributed by atoms with Crippen LogP contribution in [-0.2, 0) is 4.79 Å². The number of aliphatic hydroxyl groups excluding tert-OH is 2. The molecule has 2 aromatic carbocycles. The van der Waals surface area contributed by atoms with Crippen molar-refractivity contribution in [1.29, 1.82) is 0 Å². The Morgan fingerprint density at radius 3 is 1.55 bits per heavy atom. The van der Waals surface area contributed by atoms with E-state index in [0.29, 0.717) is 11.1 Å². The predicted molar refractivity (Wildman–Crippen MR) is 128 cm³/mol. The number of carbonyl (C=O) groups excluding carboxylic acids is 1. The maximum Gasteiger partial charge on any atom is 0.377 e. The number of Topliss-reactive ketones (excluding diaryl/α,β-unsaturated/α-hetero) is 1. The van der Waals surface area contributed by atoms with E-state index in [0.717, 1.165) is 29.5 Å². The summed E-state index contributed by atoms with van der Waals surface area (Å²) in [6, 6.07) is 11.9. The van der Waals surface area contributed by atoms with Crippen LogP contribution in [0.15, 0.2) is 42.5 Å². The Bertz CT molecular complexity index is 873. The number of ketones is 1. The monoisotopic (exact) mass is 460 g/mol. The third-order valence-corrected chi connectivity index (χ3v) is 5.17. The number of hydrogen-bond donors (Lipinski definition) is 4. The highest BCUT2D eigenvalue weighted by Gasteiger charge is 2.19. The minimum atomic E-state index is -1.40. The zero-order valence-corrected chi connectivity index (χ0v) is 20.2. The Balaban J connectivity index is 0.000000481. The van der Waals surface area contributed by atoms with Gasteiger partial charge in [0.15, 0.2) is 0 Å². The lowest BCUT2D eigenvalue weighted by molar-refractivity contribution is -0.131. The van der Waals surface area contributed by atoms with Gasteiger partial charge in [-0.3, -0.25) is 4.79 Å². The van der Waals surface area contributed by atoms with Gasteiger partial charge >= 0.3 is 11.9 Å². The molecule has 2 unspecified atom stereocenters. The quantitative estimate of drug-likeness (QED) is 0.355. The molecule has 0 aromatic heterocycles. The Morgan fingerprint density at radius 1 is 0.818 bits per heavy atom. The highest BCUT2D eigenvalue weighted by molar-refractivity contribution is 6.40. The molecule has 0 saturated carbocycles. The number of aliphatic hydroxyl groups is 2. The fourth-order valence-corrected chi connectivity index (χ4v) is 3.23. The fourth-order valence-electron chi connectivity index (χ4n) is 3.23. The second kappa shape index (κ2) is 14.9. The summed E-state index contributed by atoms with van der Waals surface area (Å²) < 4.78 is 0. The van der Waals surface area contributed by atoms with Crippen molar-refractivity contribution in [3.8, 4) is 0 Å². The number of rotatable bonds is 7. The van der Waals surface area contributed by atoms with Gasteiger partial charge < -0.3 is 20.4 Å². The van der Waals surface area contributed by atoms with Crippen molar-refractivity contribution in [2.24, 2.45) is 5.92 Å². The van der Waals surface area contributed by atoms with Crippen molar-refractivity contribution in [3.63, 3.8) is 0 Å². The SMILES string of the molecule is CCC(O)C(C)C(O)CC.Cc1cc(C)c(C(=O)C(=O)O)c(C)c1.O=C(O)c1ccccc1. The molecule has 33 heavy (non-hydrogen) atoms. The molecule has 0 radical (unpaired) electrons. The van der Waals surface area contributed by atoms with Gasteiger partial charge in [-0.15, -0.1) is 0 Å². The molecule has 0 saturated heterocycles. The molecule has 0 aliphatic carbocycles. The molecule has 0 amide bonds. The number of carboxylic acid groups (broad SMARTS) is 2. The zero-order valence-electron chi connectivity index (χ0n) is 20.2. The molecular weight excluding hydrogens is 424 g/mol. The minimum absolute atomic E-state index is 0.00926. The topological polar surface area (TPSA) is 132 Å². The summed E-state index contributed by atoms with van der Waals surface area (Å²) in [5.41, 5.74) is 3.10. The molecule has 7 nitrogen and oxygen atoms in total. The minimum Gasteiger partial charge on any atom is -0.478 e. The van der Waals surface area contributed by atoms with Crippen molar-refractivity contribution in [3.05, 3.63) is 70.3 Å². The van der Waals surface area contributed by atoms with E-state index >= 15 is 0 Å².